The highest BCUT2D eigenvalue weighted by molar-refractivity contribution is 6.70. The lowest BCUT2D eigenvalue weighted by atomic mass is 10.2. The van der Waals surface area contributed by atoms with E-state index in [2.05, 4.69) is 37.4 Å². The Morgan fingerprint density at radius 1 is 1.07 bits per heavy atom. The minimum atomic E-state index is -0.674. The van der Waals surface area contributed by atoms with Crippen LogP contribution in [0.1, 0.15) is 18.3 Å². The lowest BCUT2D eigenvalue weighted by molar-refractivity contribution is -0.183. The van der Waals surface area contributed by atoms with Crippen molar-refractivity contribution < 1.29 is 9.47 Å². The first kappa shape index (κ1) is 10.9. The molecule has 0 aromatic heterocycles. The van der Waals surface area contributed by atoms with Crippen molar-refractivity contribution in [3.63, 3.8) is 0 Å². The molecular formula is C12H18O2Si. The highest BCUT2D eigenvalue weighted by atomic mass is 28.3. The predicted molar refractivity (Wildman–Crippen MR) is 64.2 cm³/mol. The number of benzene rings is 1. The second-order valence-corrected chi connectivity index (χ2v) is 7.22. The first-order valence-electron chi connectivity index (χ1n) is 5.60. The Balaban J connectivity index is 2.08. The van der Waals surface area contributed by atoms with E-state index in [1.54, 1.807) is 0 Å². The van der Waals surface area contributed by atoms with Crippen molar-refractivity contribution >= 4 is 14.0 Å². The first-order valence-corrected chi connectivity index (χ1v) is 8.49. The highest BCUT2D eigenvalue weighted by Crippen LogP contribution is 2.21. The summed E-state index contributed by atoms with van der Waals surface area (Å²) in [6, 6.07) is 8.71. The fourth-order valence-electron chi connectivity index (χ4n) is 1.72. The second kappa shape index (κ2) is 4.92. The number of hydrogen-bond donors (Lipinski definition) is 0. The summed E-state index contributed by atoms with van der Waals surface area (Å²) in [5.41, 5.74) is 1.15. The third kappa shape index (κ3) is 2.68. The number of hydrogen-bond acceptors (Lipinski definition) is 2. The van der Waals surface area contributed by atoms with Gasteiger partial charge < -0.3 is 9.47 Å². The van der Waals surface area contributed by atoms with Crippen LogP contribution in [-0.4, -0.2) is 22.0 Å². The van der Waals surface area contributed by atoms with Crippen molar-refractivity contribution in [3.8, 4) is 0 Å². The van der Waals surface area contributed by atoms with Crippen LogP contribution >= 0.6 is 0 Å². The summed E-state index contributed by atoms with van der Waals surface area (Å²) in [7, 11) is -0.674. The van der Waals surface area contributed by atoms with Crippen LogP contribution in [0.3, 0.4) is 0 Å². The molecule has 0 unspecified atom stereocenters. The molecule has 1 aromatic carbocycles. The SMILES string of the molecule is C[SiH](C)c1ccc(C2OCCCO2)cc1. The van der Waals surface area contributed by atoms with Crippen LogP contribution in [0.15, 0.2) is 24.3 Å². The van der Waals surface area contributed by atoms with E-state index in [0.29, 0.717) is 0 Å². The molecule has 1 fully saturated rings. The zero-order chi connectivity index (χ0) is 10.7. The third-order valence-corrected chi connectivity index (χ3v) is 4.42. The van der Waals surface area contributed by atoms with Gasteiger partial charge >= 0.3 is 0 Å². The van der Waals surface area contributed by atoms with Crippen LogP contribution in [0.4, 0.5) is 0 Å². The zero-order valence-corrected chi connectivity index (χ0v) is 10.6. The summed E-state index contributed by atoms with van der Waals surface area (Å²) in [6.45, 7) is 6.29. The molecule has 0 N–H and O–H groups in total. The van der Waals surface area contributed by atoms with Crippen molar-refractivity contribution in [1.82, 2.24) is 0 Å². The highest BCUT2D eigenvalue weighted by Gasteiger charge is 2.16. The van der Waals surface area contributed by atoms with Gasteiger partial charge in [0.05, 0.1) is 22.0 Å². The molecule has 0 bridgehead atoms. The summed E-state index contributed by atoms with van der Waals surface area (Å²) in [6.07, 6.45) is 0.870. The summed E-state index contributed by atoms with van der Waals surface area (Å²) in [5.74, 6) is 0. The molecule has 0 atom stereocenters. The third-order valence-electron chi connectivity index (χ3n) is 2.70. The first-order chi connectivity index (χ1) is 7.27. The minimum absolute atomic E-state index is 0.137. The Morgan fingerprint density at radius 3 is 2.20 bits per heavy atom. The Hall–Kier alpha value is -0.643. The Morgan fingerprint density at radius 2 is 1.67 bits per heavy atom. The van der Waals surface area contributed by atoms with Crippen LogP contribution in [0, 0.1) is 0 Å². The van der Waals surface area contributed by atoms with Crippen molar-refractivity contribution in [2.24, 2.45) is 0 Å². The van der Waals surface area contributed by atoms with Gasteiger partial charge in [0.15, 0.2) is 6.29 Å². The molecule has 0 amide bonds. The molecule has 15 heavy (non-hydrogen) atoms. The number of rotatable bonds is 2. The van der Waals surface area contributed by atoms with E-state index in [-0.39, 0.29) is 6.29 Å². The smallest absolute Gasteiger partial charge is 0.183 e. The van der Waals surface area contributed by atoms with Crippen molar-refractivity contribution in [3.05, 3.63) is 29.8 Å². The zero-order valence-electron chi connectivity index (χ0n) is 9.40. The lowest BCUT2D eigenvalue weighted by Crippen LogP contribution is -2.23. The minimum Gasteiger partial charge on any atom is -0.348 e. The average Bonchev–Trinajstić information content (AvgIpc) is 2.30. The van der Waals surface area contributed by atoms with Gasteiger partial charge in [0, 0.05) is 5.56 Å². The fraction of sp³-hybridized carbons (Fsp3) is 0.500. The number of ether oxygens (including phenoxy) is 2. The van der Waals surface area contributed by atoms with E-state index in [1.807, 2.05) is 0 Å². The van der Waals surface area contributed by atoms with Crippen LogP contribution in [0.25, 0.3) is 0 Å². The molecule has 0 saturated carbocycles. The topological polar surface area (TPSA) is 18.5 Å². The fourth-order valence-corrected chi connectivity index (χ4v) is 2.68. The maximum atomic E-state index is 5.55. The molecule has 82 valence electrons. The van der Waals surface area contributed by atoms with Gasteiger partial charge in [-0.25, -0.2) is 0 Å². The molecule has 2 rings (SSSR count). The van der Waals surface area contributed by atoms with Gasteiger partial charge in [-0.2, -0.15) is 0 Å². The Kier molecular flexibility index (Phi) is 3.56. The molecule has 1 aromatic rings. The largest absolute Gasteiger partial charge is 0.348 e. The molecule has 0 aliphatic carbocycles. The van der Waals surface area contributed by atoms with Crippen LogP contribution in [-0.2, 0) is 9.47 Å². The van der Waals surface area contributed by atoms with Gasteiger partial charge in [-0.15, -0.1) is 0 Å². The van der Waals surface area contributed by atoms with E-state index in [4.69, 9.17) is 9.47 Å². The maximum Gasteiger partial charge on any atom is 0.183 e. The summed E-state index contributed by atoms with van der Waals surface area (Å²) < 4.78 is 11.1. The van der Waals surface area contributed by atoms with E-state index >= 15 is 0 Å². The molecule has 1 heterocycles. The van der Waals surface area contributed by atoms with Gasteiger partial charge in [0.1, 0.15) is 0 Å². The molecule has 1 saturated heterocycles. The molecule has 1 aliphatic rings. The van der Waals surface area contributed by atoms with E-state index in [0.717, 1.165) is 25.2 Å². The molecule has 0 spiro atoms. The van der Waals surface area contributed by atoms with Crippen molar-refractivity contribution in [2.75, 3.05) is 13.2 Å². The molecule has 3 heteroatoms. The van der Waals surface area contributed by atoms with E-state index < -0.39 is 8.80 Å². The quantitative estimate of drug-likeness (QED) is 0.711. The van der Waals surface area contributed by atoms with Gasteiger partial charge in [0.2, 0.25) is 0 Å². The van der Waals surface area contributed by atoms with Crippen LogP contribution in [0.5, 0.6) is 0 Å². The molecule has 2 nitrogen and oxygen atoms in total. The predicted octanol–water partition coefficient (Wildman–Crippen LogP) is 1.82. The standard InChI is InChI=1S/C12H18O2Si/c1-15(2)11-6-4-10(5-7-11)12-13-8-3-9-14-12/h4-7,12,15H,3,8-9H2,1-2H3. The van der Waals surface area contributed by atoms with Crippen LogP contribution in [0.2, 0.25) is 13.1 Å². The normalized spacial score (nSPS) is 18.3. The molecular weight excluding hydrogens is 204 g/mol. The Labute approximate surface area is 92.8 Å². The van der Waals surface area contributed by atoms with E-state index in [9.17, 15) is 0 Å². The van der Waals surface area contributed by atoms with Gasteiger partial charge in [0.25, 0.3) is 0 Å². The second-order valence-electron chi connectivity index (χ2n) is 4.25. The molecule has 0 radical (unpaired) electrons. The lowest BCUT2D eigenvalue weighted by Gasteiger charge is -2.23. The van der Waals surface area contributed by atoms with Crippen LogP contribution < -0.4 is 5.19 Å². The monoisotopic (exact) mass is 222 g/mol. The summed E-state index contributed by atoms with van der Waals surface area (Å²) in [5, 5.41) is 1.49. The maximum absolute atomic E-state index is 5.55. The Bertz CT molecular complexity index is 302. The van der Waals surface area contributed by atoms with Crippen molar-refractivity contribution in [2.45, 2.75) is 25.8 Å². The summed E-state index contributed by atoms with van der Waals surface area (Å²) in [4.78, 5) is 0. The summed E-state index contributed by atoms with van der Waals surface area (Å²) >= 11 is 0. The van der Waals surface area contributed by atoms with E-state index in [1.165, 1.54) is 5.19 Å². The van der Waals surface area contributed by atoms with Crippen molar-refractivity contribution in [1.29, 1.82) is 0 Å². The average molecular weight is 222 g/mol. The van der Waals surface area contributed by atoms with Gasteiger partial charge in [-0.1, -0.05) is 42.5 Å². The van der Waals surface area contributed by atoms with Gasteiger partial charge in [-0.05, 0) is 6.42 Å². The van der Waals surface area contributed by atoms with Gasteiger partial charge in [-0.3, -0.25) is 0 Å². The molecule has 1 aliphatic heterocycles.